The van der Waals surface area contributed by atoms with Crippen LogP contribution >= 0.6 is 11.3 Å². The van der Waals surface area contributed by atoms with E-state index in [1.54, 1.807) is 19.2 Å². The summed E-state index contributed by atoms with van der Waals surface area (Å²) in [5.41, 5.74) is -0.592. The average molecular weight is 314 g/mol. The Morgan fingerprint density at radius 2 is 2.10 bits per heavy atom. The Kier molecular flexibility index (Phi) is 5.71. The van der Waals surface area contributed by atoms with E-state index in [0.29, 0.717) is 23.2 Å². The van der Waals surface area contributed by atoms with Gasteiger partial charge in [0.2, 0.25) is 0 Å². The van der Waals surface area contributed by atoms with Crippen molar-refractivity contribution >= 4 is 28.4 Å². The van der Waals surface area contributed by atoms with Gasteiger partial charge in [0.1, 0.15) is 11.5 Å². The van der Waals surface area contributed by atoms with Gasteiger partial charge in [-0.3, -0.25) is 4.79 Å². The minimum Gasteiger partial charge on any atom is -0.481 e. The van der Waals surface area contributed by atoms with Crippen LogP contribution in [0, 0.1) is 5.92 Å². The van der Waals surface area contributed by atoms with Crippen LogP contribution in [0.15, 0.2) is 5.38 Å². The molecule has 0 aliphatic rings. The average Bonchev–Trinajstić information content (AvgIpc) is 2.85. The van der Waals surface area contributed by atoms with E-state index in [9.17, 15) is 14.7 Å². The maximum absolute atomic E-state index is 11.8. The molecule has 7 heteroatoms. The Hall–Kier alpha value is -1.63. The first-order valence-electron chi connectivity index (χ1n) is 6.72. The number of rotatable bonds is 7. The number of methoxy groups -OCH3 is 1. The molecule has 21 heavy (non-hydrogen) atoms. The smallest absolute Gasteiger partial charge is 0.328 e. The van der Waals surface area contributed by atoms with Gasteiger partial charge in [0.05, 0.1) is 12.8 Å². The van der Waals surface area contributed by atoms with Crippen LogP contribution in [0.1, 0.15) is 39.8 Å². The predicted molar refractivity (Wildman–Crippen MR) is 81.7 cm³/mol. The number of carboxylic acids is 1. The number of nitrogens with one attached hydrogen (secondary N) is 1. The lowest BCUT2D eigenvalue weighted by atomic mass is 9.90. The first kappa shape index (κ1) is 17.4. The van der Waals surface area contributed by atoms with E-state index in [1.807, 2.05) is 13.8 Å². The largest absolute Gasteiger partial charge is 0.481 e. The van der Waals surface area contributed by atoms with E-state index in [-0.39, 0.29) is 5.97 Å². The molecule has 0 radical (unpaired) electrons. The standard InChI is InChI=1S/C14H22N2O4S/c1-8(2)6-9(11(17)20-5)15-13-16-10(7-21-13)14(3,4)12(18)19/h7-9H,6H2,1-5H3,(H,15,16)(H,18,19). The molecule has 2 N–H and O–H groups in total. The second kappa shape index (κ2) is 6.89. The Morgan fingerprint density at radius 1 is 1.48 bits per heavy atom. The first-order chi connectivity index (χ1) is 9.68. The third kappa shape index (κ3) is 4.42. The van der Waals surface area contributed by atoms with Gasteiger partial charge in [-0.05, 0) is 26.2 Å². The van der Waals surface area contributed by atoms with Crippen LogP contribution in [0.4, 0.5) is 5.13 Å². The van der Waals surface area contributed by atoms with Gasteiger partial charge in [0, 0.05) is 5.38 Å². The van der Waals surface area contributed by atoms with Gasteiger partial charge in [0.15, 0.2) is 5.13 Å². The number of esters is 1. The van der Waals surface area contributed by atoms with E-state index in [0.717, 1.165) is 0 Å². The number of hydrogen-bond donors (Lipinski definition) is 2. The summed E-state index contributed by atoms with van der Waals surface area (Å²) in [6.45, 7) is 7.22. The molecule has 0 saturated carbocycles. The maximum atomic E-state index is 11.8. The molecule has 0 aliphatic heterocycles. The Morgan fingerprint density at radius 3 is 2.57 bits per heavy atom. The van der Waals surface area contributed by atoms with Gasteiger partial charge in [-0.15, -0.1) is 11.3 Å². The van der Waals surface area contributed by atoms with E-state index in [4.69, 9.17) is 4.74 Å². The van der Waals surface area contributed by atoms with Gasteiger partial charge in [-0.1, -0.05) is 13.8 Å². The van der Waals surface area contributed by atoms with Crippen molar-refractivity contribution in [2.75, 3.05) is 12.4 Å². The zero-order chi connectivity index (χ0) is 16.2. The van der Waals surface area contributed by atoms with E-state index in [2.05, 4.69) is 10.3 Å². The molecule has 1 unspecified atom stereocenters. The molecule has 1 aromatic rings. The van der Waals surface area contributed by atoms with Gasteiger partial charge in [-0.2, -0.15) is 0 Å². The zero-order valence-electron chi connectivity index (χ0n) is 13.0. The predicted octanol–water partition coefficient (Wildman–Crippen LogP) is 2.50. The van der Waals surface area contributed by atoms with Crippen LogP contribution in [0.3, 0.4) is 0 Å². The number of anilines is 1. The monoisotopic (exact) mass is 314 g/mol. The van der Waals surface area contributed by atoms with Crippen LogP contribution in [0.25, 0.3) is 0 Å². The number of carbonyl (C=O) groups excluding carboxylic acids is 1. The molecule has 0 saturated heterocycles. The third-order valence-corrected chi connectivity index (χ3v) is 3.94. The molecular weight excluding hydrogens is 292 g/mol. The van der Waals surface area contributed by atoms with Gasteiger partial charge in [-0.25, -0.2) is 9.78 Å². The topological polar surface area (TPSA) is 88.5 Å². The molecular formula is C14H22N2O4S. The van der Waals surface area contributed by atoms with Crippen LogP contribution < -0.4 is 5.32 Å². The summed E-state index contributed by atoms with van der Waals surface area (Å²) in [7, 11) is 1.35. The SMILES string of the molecule is COC(=O)C(CC(C)C)Nc1nc(C(C)(C)C(=O)O)cs1. The summed E-state index contributed by atoms with van der Waals surface area (Å²) in [4.78, 5) is 27.3. The molecule has 1 rings (SSSR count). The lowest BCUT2D eigenvalue weighted by Gasteiger charge is -2.18. The Labute approximate surface area is 128 Å². The minimum atomic E-state index is -1.06. The van der Waals surface area contributed by atoms with Gasteiger partial charge in [0.25, 0.3) is 0 Å². The van der Waals surface area contributed by atoms with Crippen molar-refractivity contribution in [3.8, 4) is 0 Å². The van der Waals surface area contributed by atoms with Crippen LogP contribution in [-0.4, -0.2) is 35.2 Å². The molecule has 6 nitrogen and oxygen atoms in total. The van der Waals surface area contributed by atoms with Crippen LogP contribution in [-0.2, 0) is 19.7 Å². The quantitative estimate of drug-likeness (QED) is 0.752. The highest BCUT2D eigenvalue weighted by atomic mass is 32.1. The van der Waals surface area contributed by atoms with E-state index in [1.165, 1.54) is 18.4 Å². The highest BCUT2D eigenvalue weighted by Gasteiger charge is 2.32. The molecule has 0 aliphatic carbocycles. The molecule has 0 spiro atoms. The number of aromatic nitrogens is 1. The van der Waals surface area contributed by atoms with E-state index >= 15 is 0 Å². The fourth-order valence-electron chi connectivity index (χ4n) is 1.71. The van der Waals surface area contributed by atoms with Crippen LogP contribution in [0.5, 0.6) is 0 Å². The summed E-state index contributed by atoms with van der Waals surface area (Å²) in [6.07, 6.45) is 0.615. The third-order valence-electron chi connectivity index (χ3n) is 3.17. The summed E-state index contributed by atoms with van der Waals surface area (Å²) in [6, 6.07) is -0.484. The number of carboxylic acid groups (broad SMARTS) is 1. The fourth-order valence-corrected chi connectivity index (χ4v) is 2.65. The molecule has 1 heterocycles. The molecule has 0 bridgehead atoms. The molecule has 0 amide bonds. The normalized spacial score (nSPS) is 13.0. The lowest BCUT2D eigenvalue weighted by Crippen LogP contribution is -2.32. The summed E-state index contributed by atoms with van der Waals surface area (Å²) in [5.74, 6) is -0.972. The van der Waals surface area contributed by atoms with Crippen molar-refractivity contribution in [1.29, 1.82) is 0 Å². The van der Waals surface area contributed by atoms with Crippen molar-refractivity contribution in [3.05, 3.63) is 11.1 Å². The van der Waals surface area contributed by atoms with Crippen molar-refractivity contribution in [2.45, 2.75) is 45.6 Å². The second-order valence-corrected chi connectivity index (χ2v) is 6.68. The summed E-state index contributed by atoms with van der Waals surface area (Å²) in [5, 5.41) is 14.5. The molecule has 118 valence electrons. The first-order valence-corrected chi connectivity index (χ1v) is 7.60. The Balaban J connectivity index is 2.89. The van der Waals surface area contributed by atoms with Gasteiger partial charge < -0.3 is 15.2 Å². The van der Waals surface area contributed by atoms with E-state index < -0.39 is 17.4 Å². The second-order valence-electron chi connectivity index (χ2n) is 5.82. The summed E-state index contributed by atoms with van der Waals surface area (Å²) >= 11 is 1.28. The zero-order valence-corrected chi connectivity index (χ0v) is 13.8. The Bertz CT molecular complexity index is 511. The molecule has 1 aromatic heterocycles. The van der Waals surface area contributed by atoms with Crippen molar-refractivity contribution in [1.82, 2.24) is 4.98 Å². The minimum absolute atomic E-state index is 0.316. The fraction of sp³-hybridized carbons (Fsp3) is 0.643. The number of aliphatic carboxylic acids is 1. The highest BCUT2D eigenvalue weighted by Crippen LogP contribution is 2.28. The van der Waals surface area contributed by atoms with Crippen molar-refractivity contribution < 1.29 is 19.4 Å². The number of ether oxygens (including phenoxy) is 1. The van der Waals surface area contributed by atoms with Crippen molar-refractivity contribution in [3.63, 3.8) is 0 Å². The van der Waals surface area contributed by atoms with Crippen molar-refractivity contribution in [2.24, 2.45) is 5.92 Å². The lowest BCUT2D eigenvalue weighted by molar-refractivity contribution is -0.143. The molecule has 1 atom stereocenters. The van der Waals surface area contributed by atoms with Gasteiger partial charge >= 0.3 is 11.9 Å². The number of thiazole rings is 1. The number of nitrogens with zero attached hydrogens (tertiary/aromatic N) is 1. The maximum Gasteiger partial charge on any atom is 0.328 e. The number of hydrogen-bond acceptors (Lipinski definition) is 6. The summed E-state index contributed by atoms with van der Waals surface area (Å²) < 4.78 is 4.78. The van der Waals surface area contributed by atoms with Crippen LogP contribution in [0.2, 0.25) is 0 Å². The highest BCUT2D eigenvalue weighted by molar-refractivity contribution is 7.13. The molecule has 0 aromatic carbocycles. The number of carbonyl (C=O) groups is 2. The molecule has 0 fully saturated rings.